The Morgan fingerprint density at radius 1 is 0.878 bits per heavy atom. The maximum atomic E-state index is 11.5. The molecule has 11 heteroatoms. The second kappa shape index (κ2) is 14.9. The van der Waals surface area contributed by atoms with Crippen LogP contribution in [-0.4, -0.2) is 59.4 Å². The van der Waals surface area contributed by atoms with Gasteiger partial charge in [-0.25, -0.2) is 9.97 Å². The fourth-order valence-corrected chi connectivity index (χ4v) is 7.46. The Hall–Kier alpha value is -3.99. The third-order valence-electron chi connectivity index (χ3n) is 9.38. The number of carbonyl (C=O) groups excluding carboxylic acids is 1. The number of nitrogens with zero attached hydrogens (tertiary/aromatic N) is 3. The van der Waals surface area contributed by atoms with Gasteiger partial charge in [-0.15, -0.1) is 0 Å². The van der Waals surface area contributed by atoms with Gasteiger partial charge in [-0.3, -0.25) is 4.79 Å². The summed E-state index contributed by atoms with van der Waals surface area (Å²) in [6, 6.07) is 20.1. The Kier molecular flexibility index (Phi) is 10.2. The molecule has 5 heterocycles. The van der Waals surface area contributed by atoms with E-state index in [-0.39, 0.29) is 11.9 Å². The van der Waals surface area contributed by atoms with Crippen LogP contribution in [0.5, 0.6) is 5.88 Å². The van der Waals surface area contributed by atoms with Crippen LogP contribution in [0.4, 0.5) is 0 Å². The molecule has 0 aliphatic carbocycles. The molecule has 1 amide bonds. The van der Waals surface area contributed by atoms with Crippen molar-refractivity contribution in [1.29, 1.82) is 0 Å². The van der Waals surface area contributed by atoms with Gasteiger partial charge in [0, 0.05) is 91.7 Å². The zero-order valence-electron chi connectivity index (χ0n) is 27.7. The van der Waals surface area contributed by atoms with E-state index in [9.17, 15) is 4.79 Å². The Balaban J connectivity index is 1.12. The maximum absolute atomic E-state index is 11.5. The molecule has 7 rings (SSSR count). The van der Waals surface area contributed by atoms with E-state index in [1.807, 2.05) is 61.6 Å². The molecule has 3 N–H and O–H groups in total. The van der Waals surface area contributed by atoms with Crippen LogP contribution in [0.15, 0.2) is 66.9 Å². The van der Waals surface area contributed by atoms with Crippen molar-refractivity contribution in [1.82, 2.24) is 30.5 Å². The molecule has 2 saturated heterocycles. The molecule has 2 fully saturated rings. The van der Waals surface area contributed by atoms with Gasteiger partial charge in [-0.2, -0.15) is 0 Å². The minimum absolute atomic E-state index is 0.107. The quantitative estimate of drug-likeness (QED) is 0.130. The van der Waals surface area contributed by atoms with Gasteiger partial charge in [0.1, 0.15) is 5.65 Å². The Morgan fingerprint density at radius 2 is 1.55 bits per heavy atom. The molecule has 49 heavy (non-hydrogen) atoms. The predicted molar refractivity (Wildman–Crippen MR) is 195 cm³/mol. The third-order valence-corrected chi connectivity index (χ3v) is 10.2. The molecule has 2 aliphatic rings. The average molecular weight is 700 g/mol. The van der Waals surface area contributed by atoms with Crippen molar-refractivity contribution < 1.29 is 14.3 Å². The monoisotopic (exact) mass is 698 g/mol. The summed E-state index contributed by atoms with van der Waals surface area (Å²) in [5.74, 6) is 0.627. The lowest BCUT2D eigenvalue weighted by molar-refractivity contribution is -0.119. The first-order chi connectivity index (χ1) is 23.9. The fraction of sp³-hybridized carbons (Fsp3) is 0.342. The van der Waals surface area contributed by atoms with Gasteiger partial charge in [-0.05, 0) is 43.0 Å². The van der Waals surface area contributed by atoms with E-state index in [0.717, 1.165) is 83.5 Å². The number of methoxy groups -OCH3 is 1. The van der Waals surface area contributed by atoms with E-state index in [1.54, 1.807) is 7.11 Å². The van der Waals surface area contributed by atoms with Crippen molar-refractivity contribution in [3.8, 4) is 39.5 Å². The van der Waals surface area contributed by atoms with Gasteiger partial charge >= 0.3 is 0 Å². The van der Waals surface area contributed by atoms with Crippen LogP contribution in [0.3, 0.4) is 0 Å². The van der Waals surface area contributed by atoms with Crippen LogP contribution >= 0.6 is 23.2 Å². The van der Waals surface area contributed by atoms with Crippen molar-refractivity contribution in [3.63, 3.8) is 0 Å². The summed E-state index contributed by atoms with van der Waals surface area (Å²) in [5.41, 5.74) is 7.72. The molecule has 0 unspecified atom stereocenters. The smallest absolute Gasteiger partial charge is 0.220 e. The summed E-state index contributed by atoms with van der Waals surface area (Å²) in [7, 11) is 3.64. The average Bonchev–Trinajstić information content (AvgIpc) is 3.86. The Bertz CT molecular complexity index is 1990. The highest BCUT2D eigenvalue weighted by Crippen LogP contribution is 2.42. The minimum atomic E-state index is 0.107. The van der Waals surface area contributed by atoms with Crippen molar-refractivity contribution in [2.24, 2.45) is 7.05 Å². The highest BCUT2D eigenvalue weighted by Gasteiger charge is 2.21. The number of hydrogen-bond acceptors (Lipinski definition) is 7. The van der Waals surface area contributed by atoms with Crippen LogP contribution in [-0.2, 0) is 29.7 Å². The lowest BCUT2D eigenvalue weighted by Gasteiger charge is -2.15. The van der Waals surface area contributed by atoms with E-state index in [1.165, 1.54) is 5.56 Å². The molecule has 0 saturated carbocycles. The topological polar surface area (TPSA) is 102 Å². The molecule has 0 radical (unpaired) electrons. The summed E-state index contributed by atoms with van der Waals surface area (Å²) in [5, 5.41) is 12.2. The number of pyridine rings is 2. The summed E-state index contributed by atoms with van der Waals surface area (Å²) in [6.07, 6.45) is 6.11. The van der Waals surface area contributed by atoms with Gasteiger partial charge in [0.25, 0.3) is 0 Å². The van der Waals surface area contributed by atoms with Crippen LogP contribution in [0.2, 0.25) is 10.0 Å². The number of aromatic nitrogens is 3. The maximum Gasteiger partial charge on any atom is 0.220 e. The lowest BCUT2D eigenvalue weighted by Crippen LogP contribution is -2.35. The second-order valence-corrected chi connectivity index (χ2v) is 13.5. The normalized spacial score (nSPS) is 17.6. The van der Waals surface area contributed by atoms with Crippen molar-refractivity contribution >= 4 is 40.1 Å². The van der Waals surface area contributed by atoms with Gasteiger partial charge in [0.15, 0.2) is 0 Å². The second-order valence-electron chi connectivity index (χ2n) is 12.7. The van der Waals surface area contributed by atoms with Crippen LogP contribution in [0.1, 0.15) is 36.8 Å². The molecule has 2 aromatic carbocycles. The molecular weight excluding hydrogens is 659 g/mol. The molecule has 254 valence electrons. The molecule has 2 atom stereocenters. The van der Waals surface area contributed by atoms with Crippen molar-refractivity contribution in [3.05, 3.63) is 88.0 Å². The zero-order valence-corrected chi connectivity index (χ0v) is 29.2. The number of hydrogen-bond donors (Lipinski definition) is 3. The summed E-state index contributed by atoms with van der Waals surface area (Å²) in [6.45, 7) is 3.72. The Labute approximate surface area is 296 Å². The van der Waals surface area contributed by atoms with E-state index in [4.69, 9.17) is 42.6 Å². The first kappa shape index (κ1) is 33.5. The molecule has 3 aromatic heterocycles. The molecule has 2 aliphatic heterocycles. The molecule has 0 spiro atoms. The summed E-state index contributed by atoms with van der Waals surface area (Å²) in [4.78, 5) is 21.4. The minimum Gasteiger partial charge on any atom is -0.481 e. The fourth-order valence-electron chi connectivity index (χ4n) is 6.81. The number of nitrogens with one attached hydrogen (secondary N) is 3. The number of aryl methyl sites for hydroxylation is 1. The van der Waals surface area contributed by atoms with Crippen molar-refractivity contribution in [2.75, 3.05) is 26.8 Å². The number of halogens is 2. The molecule has 0 bridgehead atoms. The number of ether oxygens (including phenoxy) is 2. The number of benzene rings is 2. The standard InChI is InChI=1S/C38H40Cl2N6O3/c1-46-22-24(19-42-21-26-6-5-17-49-26)27-13-15-32(44-37(27)46)30-9-3-7-28(35(30)39)29-8-4-10-31(36(29)40)33-14-11-23(38(45-33)48-2)18-41-20-25-12-16-34(47)43-25/h3-4,7-11,13-15,22,25-26,41-42H,5-6,12,16-21H2,1-2H3,(H,43,47)/t25-,26+/m1/s1. The largest absolute Gasteiger partial charge is 0.481 e. The highest BCUT2D eigenvalue weighted by atomic mass is 35.5. The summed E-state index contributed by atoms with van der Waals surface area (Å²) < 4.78 is 13.5. The number of rotatable bonds is 12. The lowest BCUT2D eigenvalue weighted by atomic mass is 9.98. The number of amides is 1. The molecule has 9 nitrogen and oxygen atoms in total. The van der Waals surface area contributed by atoms with Gasteiger partial charge < -0.3 is 30.0 Å². The molecular formula is C38H40Cl2N6O3. The summed E-state index contributed by atoms with van der Waals surface area (Å²) >= 11 is 14.3. The number of carbonyl (C=O) groups is 1. The van der Waals surface area contributed by atoms with Gasteiger partial charge in [0.2, 0.25) is 11.8 Å². The first-order valence-electron chi connectivity index (χ1n) is 16.8. The van der Waals surface area contributed by atoms with Crippen LogP contribution in [0, 0.1) is 0 Å². The van der Waals surface area contributed by atoms with Gasteiger partial charge in [-0.1, -0.05) is 65.7 Å². The van der Waals surface area contributed by atoms with Crippen molar-refractivity contribution in [2.45, 2.75) is 50.9 Å². The van der Waals surface area contributed by atoms with E-state index in [0.29, 0.717) is 47.2 Å². The molecule has 5 aromatic rings. The predicted octanol–water partition coefficient (Wildman–Crippen LogP) is 6.92. The van der Waals surface area contributed by atoms with Crippen LogP contribution < -0.4 is 20.7 Å². The zero-order chi connectivity index (χ0) is 33.9. The Morgan fingerprint density at radius 3 is 2.22 bits per heavy atom. The van der Waals surface area contributed by atoms with Crippen LogP contribution in [0.25, 0.3) is 44.7 Å². The van der Waals surface area contributed by atoms with E-state index in [2.05, 4.69) is 32.8 Å². The first-order valence-corrected chi connectivity index (χ1v) is 17.5. The number of fused-ring (bicyclic) bond motifs is 1. The van der Waals surface area contributed by atoms with Gasteiger partial charge in [0.05, 0.1) is 34.6 Å². The van der Waals surface area contributed by atoms with E-state index >= 15 is 0 Å². The third kappa shape index (κ3) is 7.18. The SMILES string of the molecule is COc1nc(-c2cccc(-c3cccc(-c4ccc5c(CNC[C@@H]6CCCO6)cn(C)c5n4)c3Cl)c2Cl)ccc1CNC[C@H]1CCC(=O)N1. The highest BCUT2D eigenvalue weighted by molar-refractivity contribution is 6.39. The van der Waals surface area contributed by atoms with E-state index < -0.39 is 0 Å².